The molecule has 0 fully saturated rings. The van der Waals surface area contributed by atoms with Crippen LogP contribution in [0.25, 0.3) is 0 Å². The minimum atomic E-state index is -0.534. The second kappa shape index (κ2) is 5.13. The summed E-state index contributed by atoms with van der Waals surface area (Å²) in [6.07, 6.45) is 1.58. The van der Waals surface area contributed by atoms with Crippen molar-refractivity contribution in [2.24, 2.45) is 17.0 Å². The Balaban J connectivity index is 4.48. The molecule has 0 bridgehead atoms. The first-order valence-corrected chi connectivity index (χ1v) is 5.02. The smallest absolute Gasteiger partial charge is 0.142 e. The molecule has 0 aliphatic carbocycles. The Labute approximate surface area is 86.5 Å². The molecule has 0 aromatic carbocycles. The molecule has 0 spiro atoms. The molecule has 0 aliphatic heterocycles. The van der Waals surface area contributed by atoms with Gasteiger partial charge in [0.15, 0.2) is 0 Å². The third-order valence-electron chi connectivity index (χ3n) is 2.43. The van der Waals surface area contributed by atoms with Crippen molar-refractivity contribution < 1.29 is 9.63 Å². The van der Waals surface area contributed by atoms with Crippen molar-refractivity contribution >= 4 is 12.0 Å². The molecule has 0 heterocycles. The fourth-order valence-electron chi connectivity index (χ4n) is 1.11. The van der Waals surface area contributed by atoms with E-state index in [-0.39, 0.29) is 17.6 Å². The van der Waals surface area contributed by atoms with Crippen LogP contribution in [-0.2, 0) is 9.63 Å². The number of oxime groups is 1. The normalized spacial score (nSPS) is 14.8. The Morgan fingerprint density at radius 1 is 1.36 bits per heavy atom. The lowest BCUT2D eigenvalue weighted by atomic mass is 9.84. The largest absolute Gasteiger partial charge is 0.389 e. The summed E-state index contributed by atoms with van der Waals surface area (Å²) in [5.41, 5.74) is -0.534. The van der Waals surface area contributed by atoms with Gasteiger partial charge in [-0.1, -0.05) is 25.9 Å². The summed E-state index contributed by atoms with van der Waals surface area (Å²) < 4.78 is 0. The van der Waals surface area contributed by atoms with Crippen LogP contribution in [0.2, 0.25) is 0 Å². The van der Waals surface area contributed by atoms with Crippen LogP contribution in [0, 0.1) is 11.8 Å². The second-order valence-electron chi connectivity index (χ2n) is 4.34. The van der Waals surface area contributed by atoms with Gasteiger partial charge in [-0.2, -0.15) is 0 Å². The van der Waals surface area contributed by atoms with E-state index in [9.17, 15) is 4.79 Å². The monoisotopic (exact) mass is 199 g/mol. The van der Waals surface area contributed by atoms with Crippen molar-refractivity contribution in [2.75, 3.05) is 0 Å². The Kier molecular flexibility index (Phi) is 4.81. The van der Waals surface area contributed by atoms with Gasteiger partial charge in [0.25, 0.3) is 0 Å². The predicted octanol–water partition coefficient (Wildman–Crippen LogP) is 2.65. The molecule has 82 valence electrons. The van der Waals surface area contributed by atoms with Crippen molar-refractivity contribution in [3.05, 3.63) is 0 Å². The van der Waals surface area contributed by atoms with E-state index >= 15 is 0 Å². The Morgan fingerprint density at radius 2 is 1.86 bits per heavy atom. The van der Waals surface area contributed by atoms with Crippen molar-refractivity contribution in [1.82, 2.24) is 0 Å². The average molecular weight is 199 g/mol. The molecule has 3 nitrogen and oxygen atoms in total. The Morgan fingerprint density at radius 3 is 2.21 bits per heavy atom. The molecule has 0 N–H and O–H groups in total. The standard InChI is InChI=1S/C11H21NO2/c1-7-12-14-11(5,6)9(4)10(13)8(2)3/h7-9H,1-6H3/b12-7+. The van der Waals surface area contributed by atoms with Gasteiger partial charge in [0, 0.05) is 12.1 Å². The lowest BCUT2D eigenvalue weighted by Gasteiger charge is -2.29. The molecule has 1 unspecified atom stereocenters. The zero-order valence-corrected chi connectivity index (χ0v) is 10.00. The zero-order chi connectivity index (χ0) is 11.4. The van der Waals surface area contributed by atoms with Gasteiger partial charge in [-0.05, 0) is 20.8 Å². The van der Waals surface area contributed by atoms with Crippen LogP contribution in [0.3, 0.4) is 0 Å². The Hall–Kier alpha value is -0.860. The van der Waals surface area contributed by atoms with E-state index in [4.69, 9.17) is 4.84 Å². The average Bonchev–Trinajstić information content (AvgIpc) is 2.12. The first kappa shape index (κ1) is 13.1. The first-order chi connectivity index (χ1) is 6.33. The molecule has 14 heavy (non-hydrogen) atoms. The van der Waals surface area contributed by atoms with Gasteiger partial charge >= 0.3 is 0 Å². The van der Waals surface area contributed by atoms with Crippen molar-refractivity contribution in [1.29, 1.82) is 0 Å². The maximum atomic E-state index is 11.7. The first-order valence-electron chi connectivity index (χ1n) is 5.02. The van der Waals surface area contributed by atoms with Gasteiger partial charge in [0.2, 0.25) is 0 Å². The predicted molar refractivity (Wildman–Crippen MR) is 58.3 cm³/mol. The molecule has 0 aromatic heterocycles. The summed E-state index contributed by atoms with van der Waals surface area (Å²) >= 11 is 0. The second-order valence-corrected chi connectivity index (χ2v) is 4.34. The van der Waals surface area contributed by atoms with Crippen LogP contribution in [0.5, 0.6) is 0 Å². The number of hydrogen-bond donors (Lipinski definition) is 0. The highest BCUT2D eigenvalue weighted by molar-refractivity contribution is 5.83. The summed E-state index contributed by atoms with van der Waals surface area (Å²) in [7, 11) is 0. The highest BCUT2D eigenvalue weighted by Gasteiger charge is 2.34. The molecule has 0 aromatic rings. The maximum Gasteiger partial charge on any atom is 0.142 e. The number of ketones is 1. The minimum Gasteiger partial charge on any atom is -0.389 e. The zero-order valence-electron chi connectivity index (χ0n) is 10.00. The molecule has 0 rings (SSSR count). The number of carbonyl (C=O) groups is 1. The molecule has 0 saturated carbocycles. The highest BCUT2D eigenvalue weighted by atomic mass is 16.6. The summed E-state index contributed by atoms with van der Waals surface area (Å²) in [4.78, 5) is 17.0. The van der Waals surface area contributed by atoms with Crippen LogP contribution in [-0.4, -0.2) is 17.6 Å². The number of Topliss-reactive ketones (excluding diaryl/α,β-unsaturated/α-hetero) is 1. The molecule has 1 atom stereocenters. The van der Waals surface area contributed by atoms with Gasteiger partial charge in [-0.25, -0.2) is 0 Å². The molecular formula is C11H21NO2. The summed E-state index contributed by atoms with van der Waals surface area (Å²) in [5, 5.41) is 3.73. The van der Waals surface area contributed by atoms with E-state index in [2.05, 4.69) is 5.16 Å². The van der Waals surface area contributed by atoms with Crippen LogP contribution < -0.4 is 0 Å². The molecular weight excluding hydrogens is 178 g/mol. The van der Waals surface area contributed by atoms with E-state index in [1.54, 1.807) is 13.1 Å². The maximum absolute atomic E-state index is 11.7. The third-order valence-corrected chi connectivity index (χ3v) is 2.43. The number of nitrogens with zero attached hydrogens (tertiary/aromatic N) is 1. The third kappa shape index (κ3) is 3.48. The number of carbonyl (C=O) groups excluding carboxylic acids is 1. The molecule has 3 heteroatoms. The molecule has 0 radical (unpaired) electrons. The van der Waals surface area contributed by atoms with E-state index in [0.29, 0.717) is 0 Å². The van der Waals surface area contributed by atoms with Gasteiger partial charge in [-0.15, -0.1) is 0 Å². The van der Waals surface area contributed by atoms with Crippen LogP contribution in [0.4, 0.5) is 0 Å². The highest BCUT2D eigenvalue weighted by Crippen LogP contribution is 2.24. The van der Waals surface area contributed by atoms with Crippen molar-refractivity contribution in [3.8, 4) is 0 Å². The van der Waals surface area contributed by atoms with Gasteiger partial charge in [0.05, 0.1) is 5.92 Å². The van der Waals surface area contributed by atoms with Crippen molar-refractivity contribution in [3.63, 3.8) is 0 Å². The molecule has 0 aliphatic rings. The molecule has 0 amide bonds. The molecule has 0 saturated heterocycles. The number of hydrogen-bond acceptors (Lipinski definition) is 3. The van der Waals surface area contributed by atoms with E-state index in [0.717, 1.165) is 0 Å². The lowest BCUT2D eigenvalue weighted by molar-refractivity contribution is -0.136. The van der Waals surface area contributed by atoms with E-state index < -0.39 is 5.60 Å². The topological polar surface area (TPSA) is 38.7 Å². The van der Waals surface area contributed by atoms with Gasteiger partial charge < -0.3 is 4.84 Å². The van der Waals surface area contributed by atoms with Gasteiger partial charge in [0.1, 0.15) is 11.4 Å². The van der Waals surface area contributed by atoms with Gasteiger partial charge in [-0.3, -0.25) is 4.79 Å². The fourth-order valence-corrected chi connectivity index (χ4v) is 1.11. The Bertz CT molecular complexity index is 219. The van der Waals surface area contributed by atoms with E-state index in [1.807, 2.05) is 34.6 Å². The van der Waals surface area contributed by atoms with Crippen LogP contribution in [0.1, 0.15) is 41.5 Å². The number of rotatable bonds is 5. The van der Waals surface area contributed by atoms with E-state index in [1.165, 1.54) is 0 Å². The lowest BCUT2D eigenvalue weighted by Crippen LogP contribution is -2.38. The SMILES string of the molecule is C/C=N/OC(C)(C)C(C)C(=O)C(C)C. The fraction of sp³-hybridized carbons (Fsp3) is 0.818. The minimum absolute atomic E-state index is 0.0403. The van der Waals surface area contributed by atoms with Crippen molar-refractivity contribution in [2.45, 2.75) is 47.1 Å². The summed E-state index contributed by atoms with van der Waals surface area (Å²) in [5.74, 6) is 0.103. The quantitative estimate of drug-likeness (QED) is 0.504. The van der Waals surface area contributed by atoms with Crippen LogP contribution >= 0.6 is 0 Å². The van der Waals surface area contributed by atoms with Crippen LogP contribution in [0.15, 0.2) is 5.16 Å². The summed E-state index contributed by atoms with van der Waals surface area (Å²) in [6, 6.07) is 0. The summed E-state index contributed by atoms with van der Waals surface area (Å²) in [6.45, 7) is 11.2.